The van der Waals surface area contributed by atoms with Crippen molar-refractivity contribution < 1.29 is 31.5 Å². The molecule has 0 radical (unpaired) electrons. The Balaban J connectivity index is -0.000000175. The van der Waals surface area contributed by atoms with E-state index in [9.17, 15) is 19.8 Å². The lowest BCUT2D eigenvalue weighted by atomic mass is 10.5. The predicted molar refractivity (Wildman–Crippen MR) is 33.3 cm³/mol. The summed E-state index contributed by atoms with van der Waals surface area (Å²) in [6.45, 7) is 0. The Morgan fingerprint density at radius 3 is 1.17 bits per heavy atom. The Labute approximate surface area is 68.4 Å². The lowest BCUT2D eigenvalue weighted by molar-refractivity contribution is -0.379. The quantitative estimate of drug-likeness (QED) is 0.185. The van der Waals surface area contributed by atoms with Gasteiger partial charge in [-0.05, 0) is 12.2 Å². The van der Waals surface area contributed by atoms with Crippen LogP contribution in [0.5, 0.6) is 0 Å². The van der Waals surface area contributed by atoms with E-state index in [1.165, 1.54) is 0 Å². The maximum absolute atomic E-state index is 9.41. The Kier molecular flexibility index (Phi) is 22.8. The van der Waals surface area contributed by atoms with Gasteiger partial charge in [0.25, 0.3) is 0 Å². The summed E-state index contributed by atoms with van der Waals surface area (Å²) in [5, 5.41) is 18.8. The number of carbonyl (C=O) groups is 2. The molecule has 10 N–H and O–H groups in total. The van der Waals surface area contributed by atoms with Crippen molar-refractivity contribution in [2.24, 2.45) is 11.7 Å². The molecule has 0 amide bonds. The molecule has 0 atom stereocenters. The lowest BCUT2D eigenvalue weighted by Crippen LogP contribution is -2.59. The molecular weight excluding hydrogens is 168 g/mol. The minimum atomic E-state index is -1.55. The van der Waals surface area contributed by atoms with Gasteiger partial charge in [-0.1, -0.05) is 0 Å². The Hall–Kier alpha value is -1.48. The van der Waals surface area contributed by atoms with E-state index >= 15 is 0 Å². The van der Waals surface area contributed by atoms with E-state index in [1.54, 1.807) is 0 Å². The van der Waals surface area contributed by atoms with Crippen molar-refractivity contribution in [1.82, 2.24) is 0 Å². The van der Waals surface area contributed by atoms with Crippen molar-refractivity contribution >= 4 is 11.9 Å². The molecule has 0 aliphatic heterocycles. The van der Waals surface area contributed by atoms with Crippen molar-refractivity contribution in [3.63, 3.8) is 0 Å². The van der Waals surface area contributed by atoms with Crippen LogP contribution in [0.4, 0.5) is 0 Å². The number of quaternary nitrogens is 2. The highest BCUT2D eigenvalue weighted by Crippen LogP contribution is 1.64. The largest absolute Gasteiger partial charge is 0.545 e. The molecule has 0 unspecified atom stereocenters. The third kappa shape index (κ3) is 38.9. The highest BCUT2D eigenvalue weighted by atomic mass is 16.4. The molecule has 0 rings (SSSR count). The molecule has 0 saturated heterocycles. The smallest absolute Gasteiger partial charge is 0.0643 e. The van der Waals surface area contributed by atoms with Crippen LogP contribution in [0.25, 0.3) is 0 Å². The first-order valence-corrected chi connectivity index (χ1v) is 2.54. The zero-order valence-electron chi connectivity index (χ0n) is 6.36. The van der Waals surface area contributed by atoms with Crippen molar-refractivity contribution in [2.75, 3.05) is 0 Å². The number of carboxylic acids is 2. The number of nitrogens with two attached hydrogens (primary N) is 2. The van der Waals surface area contributed by atoms with E-state index in [4.69, 9.17) is 0 Å². The van der Waals surface area contributed by atoms with Crippen LogP contribution in [0, 0.1) is 0 Å². The molecule has 0 aromatic carbocycles. The van der Waals surface area contributed by atoms with Crippen LogP contribution in [-0.2, 0) is 9.59 Å². The molecule has 12 heavy (non-hydrogen) atoms. The number of carboxylic acid groups (broad SMARTS) is 2. The van der Waals surface area contributed by atoms with Crippen LogP contribution in [0.1, 0.15) is 0 Å². The van der Waals surface area contributed by atoms with Crippen LogP contribution in [0.3, 0.4) is 0 Å². The molecular formula is C4H12N4O4. The lowest BCUT2D eigenvalue weighted by Gasteiger charge is -1.90. The highest BCUT2D eigenvalue weighted by Gasteiger charge is 1.70. The summed E-state index contributed by atoms with van der Waals surface area (Å²) in [6, 6.07) is 0. The number of hydrogen-bond acceptors (Lipinski definition) is 6. The van der Waals surface area contributed by atoms with Gasteiger partial charge in [0.2, 0.25) is 0 Å². The second-order valence-corrected chi connectivity index (χ2v) is 0.971. The van der Waals surface area contributed by atoms with Gasteiger partial charge in [0.15, 0.2) is 0 Å². The molecule has 72 valence electrons. The van der Waals surface area contributed by atoms with E-state index in [1.807, 2.05) is 0 Å². The zero-order chi connectivity index (χ0) is 10.6. The third-order valence-corrected chi connectivity index (χ3v) is 0.355. The number of hydrogen-bond donors (Lipinski definition) is 4. The summed E-state index contributed by atoms with van der Waals surface area (Å²) in [7, 11) is 0. The Bertz CT molecular complexity index is 130. The second kappa shape index (κ2) is 16.3. The molecule has 0 fully saturated rings. The average Bonchev–Trinajstić information content (AvgIpc) is 2.08. The Morgan fingerprint density at radius 2 is 1.08 bits per heavy atom. The average molecular weight is 180 g/mol. The van der Waals surface area contributed by atoms with Gasteiger partial charge in [-0.3, -0.25) is 11.7 Å². The van der Waals surface area contributed by atoms with Crippen LogP contribution in [-0.4, -0.2) is 11.9 Å². The number of carbonyl (C=O) groups excluding carboxylic acids is 2. The van der Waals surface area contributed by atoms with Gasteiger partial charge < -0.3 is 19.8 Å². The SMILES string of the molecule is N[NH3+].N[NH3+].O=C([O-])/C=C\C(=O)[O-]. The van der Waals surface area contributed by atoms with E-state index in [-0.39, 0.29) is 0 Å². The maximum atomic E-state index is 9.41. The van der Waals surface area contributed by atoms with Gasteiger partial charge in [0.05, 0.1) is 11.9 Å². The second-order valence-electron chi connectivity index (χ2n) is 0.971. The van der Waals surface area contributed by atoms with Crippen molar-refractivity contribution in [2.45, 2.75) is 0 Å². The van der Waals surface area contributed by atoms with Gasteiger partial charge in [-0.15, -0.1) is 0 Å². The minimum Gasteiger partial charge on any atom is -0.545 e. The van der Waals surface area contributed by atoms with E-state index in [0.717, 1.165) is 0 Å². The first kappa shape index (κ1) is 16.9. The number of rotatable bonds is 2. The Morgan fingerprint density at radius 1 is 0.917 bits per heavy atom. The zero-order valence-corrected chi connectivity index (χ0v) is 6.36. The van der Waals surface area contributed by atoms with E-state index < -0.39 is 11.9 Å². The summed E-state index contributed by atoms with van der Waals surface area (Å²) in [6.07, 6.45) is 0.769. The topological polar surface area (TPSA) is 188 Å². The fraction of sp³-hybridized carbons (Fsp3) is 0. The fourth-order valence-electron chi connectivity index (χ4n) is 0.136. The van der Waals surface area contributed by atoms with Crippen molar-refractivity contribution in [3.8, 4) is 0 Å². The summed E-state index contributed by atoms with van der Waals surface area (Å²) in [4.78, 5) is 18.8. The normalized spacial score (nSPS) is 7.33. The summed E-state index contributed by atoms with van der Waals surface area (Å²) < 4.78 is 0. The van der Waals surface area contributed by atoms with Gasteiger partial charge >= 0.3 is 0 Å². The maximum Gasteiger partial charge on any atom is 0.0643 e. The van der Waals surface area contributed by atoms with Crippen LogP contribution in [0.15, 0.2) is 12.2 Å². The van der Waals surface area contributed by atoms with Gasteiger partial charge in [-0.25, -0.2) is 0 Å². The molecule has 0 heterocycles. The van der Waals surface area contributed by atoms with Crippen molar-refractivity contribution in [1.29, 1.82) is 0 Å². The van der Waals surface area contributed by atoms with E-state index in [2.05, 4.69) is 23.4 Å². The summed E-state index contributed by atoms with van der Waals surface area (Å²) >= 11 is 0. The molecule has 0 spiro atoms. The standard InChI is InChI=1S/C4H4O4.2H4N2/c5-3(6)1-2-4(7)8;2*1-2/h1-2H,(H,5,6)(H,7,8);2*1-2H2/b2-1-;;. The fourth-order valence-corrected chi connectivity index (χ4v) is 0.136. The molecule has 0 aromatic heterocycles. The molecule has 0 aliphatic rings. The minimum absolute atomic E-state index is 0.384. The molecule has 0 aliphatic carbocycles. The summed E-state index contributed by atoms with van der Waals surface area (Å²) in [5.74, 6) is 10.9. The summed E-state index contributed by atoms with van der Waals surface area (Å²) in [5.41, 5.74) is 0. The van der Waals surface area contributed by atoms with Gasteiger partial charge in [-0.2, -0.15) is 11.7 Å². The molecule has 0 aromatic rings. The van der Waals surface area contributed by atoms with Gasteiger partial charge in [0, 0.05) is 0 Å². The molecule has 8 nitrogen and oxygen atoms in total. The molecule has 0 saturated carbocycles. The van der Waals surface area contributed by atoms with Crippen LogP contribution >= 0.6 is 0 Å². The highest BCUT2D eigenvalue weighted by molar-refractivity contribution is 5.87. The monoisotopic (exact) mass is 180 g/mol. The first-order valence-electron chi connectivity index (χ1n) is 2.54. The van der Waals surface area contributed by atoms with Crippen LogP contribution < -0.4 is 33.6 Å². The number of aliphatic carboxylic acids is 2. The van der Waals surface area contributed by atoms with E-state index in [0.29, 0.717) is 12.2 Å². The first-order chi connectivity index (χ1) is 5.63. The predicted octanol–water partition coefficient (Wildman–Crippen LogP) is -6.75. The van der Waals surface area contributed by atoms with Crippen molar-refractivity contribution in [3.05, 3.63) is 12.2 Å². The third-order valence-electron chi connectivity index (χ3n) is 0.355. The molecule has 0 bridgehead atoms. The van der Waals surface area contributed by atoms with Crippen LogP contribution in [0.2, 0.25) is 0 Å². The van der Waals surface area contributed by atoms with Gasteiger partial charge in [0.1, 0.15) is 0 Å². The molecule has 8 heteroatoms.